The third kappa shape index (κ3) is 4.47. The number of hydrogen-bond acceptors (Lipinski definition) is 2. The first kappa shape index (κ1) is 19.8. The topological polar surface area (TPSA) is 52.7 Å². The van der Waals surface area contributed by atoms with Gasteiger partial charge in [0.25, 0.3) is 0 Å². The summed E-state index contributed by atoms with van der Waals surface area (Å²) < 4.78 is 26.7. The molecular formula is C21H23F2N3O2. The van der Waals surface area contributed by atoms with Crippen LogP contribution in [0.5, 0.6) is 0 Å². The number of nitrogens with zero attached hydrogens (tertiary/aromatic N) is 2. The van der Waals surface area contributed by atoms with Crippen LogP contribution in [0.3, 0.4) is 0 Å². The molecule has 2 aromatic rings. The fourth-order valence-electron chi connectivity index (χ4n) is 3.35. The van der Waals surface area contributed by atoms with E-state index in [1.165, 1.54) is 12.1 Å². The van der Waals surface area contributed by atoms with E-state index in [0.717, 1.165) is 12.5 Å². The van der Waals surface area contributed by atoms with Crippen LogP contribution in [0.25, 0.3) is 11.1 Å². The number of hydrogen-bond donors (Lipinski definition) is 1. The Labute approximate surface area is 162 Å². The maximum atomic E-state index is 13.4. The van der Waals surface area contributed by atoms with Gasteiger partial charge in [0.05, 0.1) is 6.04 Å². The summed E-state index contributed by atoms with van der Waals surface area (Å²) in [7, 11) is 1.71. The summed E-state index contributed by atoms with van der Waals surface area (Å²) in [6.45, 7) is 3.03. The summed E-state index contributed by atoms with van der Waals surface area (Å²) >= 11 is 0. The van der Waals surface area contributed by atoms with Gasteiger partial charge in [-0.25, -0.2) is 13.6 Å². The highest BCUT2D eigenvalue weighted by Crippen LogP contribution is 2.24. The Morgan fingerprint density at radius 1 is 1.11 bits per heavy atom. The molecule has 1 N–H and O–H groups in total. The summed E-state index contributed by atoms with van der Waals surface area (Å²) in [4.78, 5) is 27.7. The predicted molar refractivity (Wildman–Crippen MR) is 104 cm³/mol. The first-order chi connectivity index (χ1) is 13.4. The van der Waals surface area contributed by atoms with Gasteiger partial charge in [-0.3, -0.25) is 4.79 Å². The molecule has 148 valence electrons. The van der Waals surface area contributed by atoms with E-state index < -0.39 is 11.6 Å². The van der Waals surface area contributed by atoms with Crippen LogP contribution in [-0.2, 0) is 4.79 Å². The Hall–Kier alpha value is -2.96. The van der Waals surface area contributed by atoms with Gasteiger partial charge in [0.15, 0.2) is 0 Å². The highest BCUT2D eigenvalue weighted by Gasteiger charge is 2.30. The summed E-state index contributed by atoms with van der Waals surface area (Å²) in [6, 6.07) is 9.82. The molecule has 0 saturated carbocycles. The van der Waals surface area contributed by atoms with Gasteiger partial charge >= 0.3 is 6.03 Å². The second kappa shape index (κ2) is 8.37. The quantitative estimate of drug-likeness (QED) is 0.859. The molecule has 28 heavy (non-hydrogen) atoms. The number of nitrogens with one attached hydrogen (secondary N) is 1. The fraction of sp³-hybridized carbons (Fsp3) is 0.333. The van der Waals surface area contributed by atoms with Crippen molar-refractivity contribution in [2.24, 2.45) is 0 Å². The van der Waals surface area contributed by atoms with E-state index in [2.05, 4.69) is 5.32 Å². The Morgan fingerprint density at radius 3 is 2.36 bits per heavy atom. The first-order valence-corrected chi connectivity index (χ1v) is 9.25. The molecule has 0 spiro atoms. The molecule has 1 heterocycles. The van der Waals surface area contributed by atoms with Gasteiger partial charge in [-0.05, 0) is 41.8 Å². The molecule has 1 fully saturated rings. The third-order valence-electron chi connectivity index (χ3n) is 5.02. The van der Waals surface area contributed by atoms with E-state index in [4.69, 9.17) is 0 Å². The van der Waals surface area contributed by atoms with Crippen LogP contribution in [0.2, 0.25) is 0 Å². The Morgan fingerprint density at radius 2 is 1.75 bits per heavy atom. The lowest BCUT2D eigenvalue weighted by molar-refractivity contribution is -0.129. The minimum absolute atomic E-state index is 0.0231. The lowest BCUT2D eigenvalue weighted by atomic mass is 10.1. The highest BCUT2D eigenvalue weighted by molar-refractivity contribution is 5.90. The number of likely N-dealkylation sites (N-methyl/N-ethyl adjacent to an activating group) is 1. The average Bonchev–Trinajstić information content (AvgIpc) is 3.16. The van der Waals surface area contributed by atoms with Crippen molar-refractivity contribution in [1.29, 1.82) is 0 Å². The van der Waals surface area contributed by atoms with E-state index in [-0.39, 0.29) is 18.0 Å². The van der Waals surface area contributed by atoms with Crippen molar-refractivity contribution >= 4 is 17.6 Å². The van der Waals surface area contributed by atoms with Gasteiger partial charge in [-0.2, -0.15) is 0 Å². The predicted octanol–water partition coefficient (Wildman–Crippen LogP) is 4.11. The van der Waals surface area contributed by atoms with Gasteiger partial charge in [0.1, 0.15) is 11.6 Å². The minimum Gasteiger partial charge on any atom is -0.341 e. The molecule has 5 nitrogen and oxygen atoms in total. The maximum absolute atomic E-state index is 13.4. The SMILES string of the molecule is CCC(=O)N1CC[C@@H](N(C)C(=O)Nc2ccc(-c3cc(F)cc(F)c3)cc2)C1. The number of carbonyl (C=O) groups is 2. The Balaban J connectivity index is 1.62. The number of rotatable bonds is 4. The molecule has 0 aromatic heterocycles. The summed E-state index contributed by atoms with van der Waals surface area (Å²) in [5.41, 5.74) is 1.66. The van der Waals surface area contributed by atoms with E-state index in [0.29, 0.717) is 36.3 Å². The molecular weight excluding hydrogens is 364 g/mol. The second-order valence-corrected chi connectivity index (χ2v) is 6.91. The van der Waals surface area contributed by atoms with Crippen LogP contribution in [0.1, 0.15) is 19.8 Å². The molecule has 1 atom stereocenters. The van der Waals surface area contributed by atoms with Crippen molar-refractivity contribution < 1.29 is 18.4 Å². The molecule has 7 heteroatoms. The van der Waals surface area contributed by atoms with Crippen molar-refractivity contribution in [3.63, 3.8) is 0 Å². The van der Waals surface area contributed by atoms with E-state index in [1.54, 1.807) is 41.1 Å². The normalized spacial score (nSPS) is 16.1. The van der Waals surface area contributed by atoms with E-state index in [9.17, 15) is 18.4 Å². The summed E-state index contributed by atoms with van der Waals surface area (Å²) in [5, 5.41) is 2.81. The van der Waals surface area contributed by atoms with Gasteiger partial charge in [0.2, 0.25) is 5.91 Å². The number of amides is 3. The molecule has 3 amide bonds. The summed E-state index contributed by atoms with van der Waals surface area (Å²) in [6.07, 6.45) is 1.21. The minimum atomic E-state index is -0.638. The fourth-order valence-corrected chi connectivity index (χ4v) is 3.35. The standard InChI is InChI=1S/C21H23F2N3O2/c1-3-20(27)26-9-8-19(13-26)25(2)21(28)24-18-6-4-14(5-7-18)15-10-16(22)12-17(23)11-15/h4-7,10-12,19H,3,8-9,13H2,1-2H3,(H,24,28)/t19-/m1/s1. The van der Waals surface area contributed by atoms with Crippen molar-refractivity contribution in [1.82, 2.24) is 9.80 Å². The second-order valence-electron chi connectivity index (χ2n) is 6.91. The molecule has 0 aliphatic carbocycles. The molecule has 1 aliphatic heterocycles. The number of anilines is 1. The number of halogens is 2. The molecule has 1 aliphatic rings. The molecule has 0 bridgehead atoms. The zero-order valence-corrected chi connectivity index (χ0v) is 15.9. The lowest BCUT2D eigenvalue weighted by Crippen LogP contribution is -2.42. The largest absolute Gasteiger partial charge is 0.341 e. The number of carbonyl (C=O) groups excluding carboxylic acids is 2. The van der Waals surface area contributed by atoms with Gasteiger partial charge in [0, 0.05) is 38.3 Å². The molecule has 2 aromatic carbocycles. The van der Waals surface area contributed by atoms with Crippen LogP contribution >= 0.6 is 0 Å². The molecule has 3 rings (SSSR count). The zero-order valence-electron chi connectivity index (χ0n) is 15.9. The lowest BCUT2D eigenvalue weighted by Gasteiger charge is -2.25. The van der Waals surface area contributed by atoms with Crippen LogP contribution in [0.4, 0.5) is 19.3 Å². The van der Waals surface area contributed by atoms with Gasteiger partial charge in [-0.1, -0.05) is 19.1 Å². The highest BCUT2D eigenvalue weighted by atomic mass is 19.1. The van der Waals surface area contributed by atoms with Gasteiger partial charge in [-0.15, -0.1) is 0 Å². The number of benzene rings is 2. The molecule has 0 radical (unpaired) electrons. The molecule has 0 unspecified atom stereocenters. The van der Waals surface area contributed by atoms with Crippen LogP contribution in [-0.4, -0.2) is 47.9 Å². The van der Waals surface area contributed by atoms with E-state index in [1.807, 2.05) is 6.92 Å². The Bertz CT molecular complexity index is 850. The molecule has 1 saturated heterocycles. The van der Waals surface area contributed by atoms with Crippen molar-refractivity contribution in [3.8, 4) is 11.1 Å². The van der Waals surface area contributed by atoms with Crippen molar-refractivity contribution in [2.75, 3.05) is 25.5 Å². The summed E-state index contributed by atoms with van der Waals surface area (Å²) in [5.74, 6) is -1.18. The van der Waals surface area contributed by atoms with E-state index >= 15 is 0 Å². The number of urea groups is 1. The van der Waals surface area contributed by atoms with Crippen molar-refractivity contribution in [2.45, 2.75) is 25.8 Å². The maximum Gasteiger partial charge on any atom is 0.321 e. The first-order valence-electron chi connectivity index (χ1n) is 9.25. The third-order valence-corrected chi connectivity index (χ3v) is 5.02. The van der Waals surface area contributed by atoms with Crippen LogP contribution < -0.4 is 5.32 Å². The van der Waals surface area contributed by atoms with Gasteiger partial charge < -0.3 is 15.1 Å². The Kier molecular flexibility index (Phi) is 5.92. The number of likely N-dealkylation sites (tertiary alicyclic amines) is 1. The average molecular weight is 387 g/mol. The monoisotopic (exact) mass is 387 g/mol. The smallest absolute Gasteiger partial charge is 0.321 e. The zero-order chi connectivity index (χ0) is 20.3. The van der Waals surface area contributed by atoms with Crippen molar-refractivity contribution in [3.05, 3.63) is 54.1 Å². The van der Waals surface area contributed by atoms with Crippen LogP contribution in [0, 0.1) is 11.6 Å². The van der Waals surface area contributed by atoms with Crippen LogP contribution in [0.15, 0.2) is 42.5 Å².